The highest BCUT2D eigenvalue weighted by atomic mass is 19.1. The molecular formula is C17H13FN6O2. The minimum Gasteiger partial charge on any atom is -0.341 e. The Hall–Kier alpha value is -3.62. The summed E-state index contributed by atoms with van der Waals surface area (Å²) in [5.41, 5.74) is 1.69. The number of hydrogen-bond donors (Lipinski definition) is 1. The van der Waals surface area contributed by atoms with E-state index in [0.29, 0.717) is 17.0 Å². The summed E-state index contributed by atoms with van der Waals surface area (Å²) in [5.74, 6) is -0.835. The zero-order valence-corrected chi connectivity index (χ0v) is 13.7. The number of fused-ring (bicyclic) bond motifs is 1. The lowest BCUT2D eigenvalue weighted by Gasteiger charge is -1.98. The number of aromatic nitrogens is 5. The summed E-state index contributed by atoms with van der Waals surface area (Å²) < 4.78 is 20.6. The molecule has 0 aliphatic rings. The number of nitrogens with zero attached hydrogens (tertiary/aromatic N) is 5. The highest BCUT2D eigenvalue weighted by Crippen LogP contribution is 2.15. The molecule has 130 valence electrons. The molecule has 0 unspecified atom stereocenters. The van der Waals surface area contributed by atoms with E-state index in [0.717, 1.165) is 5.56 Å². The minimum atomic E-state index is -0.723. The van der Waals surface area contributed by atoms with Gasteiger partial charge in [-0.1, -0.05) is 5.16 Å². The van der Waals surface area contributed by atoms with Gasteiger partial charge in [0.15, 0.2) is 5.69 Å². The van der Waals surface area contributed by atoms with Gasteiger partial charge in [0.1, 0.15) is 5.65 Å². The normalized spacial score (nSPS) is 11.0. The molecule has 0 aliphatic carbocycles. The second kappa shape index (κ2) is 6.36. The molecule has 0 saturated heterocycles. The second-order valence-corrected chi connectivity index (χ2v) is 5.62. The Balaban J connectivity index is 1.49. The van der Waals surface area contributed by atoms with Gasteiger partial charge in [-0.05, 0) is 36.8 Å². The third-order valence-electron chi connectivity index (χ3n) is 3.73. The molecule has 1 amide bonds. The molecule has 4 rings (SSSR count). The molecule has 0 aliphatic heterocycles. The zero-order chi connectivity index (χ0) is 18.1. The summed E-state index contributed by atoms with van der Waals surface area (Å²) in [7, 11) is 0. The third kappa shape index (κ3) is 2.90. The Kier molecular flexibility index (Phi) is 3.88. The van der Waals surface area contributed by atoms with Crippen molar-refractivity contribution in [1.82, 2.24) is 29.8 Å². The van der Waals surface area contributed by atoms with Crippen molar-refractivity contribution in [3.8, 4) is 11.4 Å². The van der Waals surface area contributed by atoms with Gasteiger partial charge >= 0.3 is 0 Å². The fraction of sp³-hybridized carbons (Fsp3) is 0.118. The van der Waals surface area contributed by atoms with Crippen LogP contribution in [0, 0.1) is 12.9 Å². The van der Waals surface area contributed by atoms with Crippen LogP contribution >= 0.6 is 0 Å². The molecule has 0 aromatic carbocycles. The molecular weight excluding hydrogens is 339 g/mol. The van der Waals surface area contributed by atoms with Crippen LogP contribution in [0.2, 0.25) is 0 Å². The van der Waals surface area contributed by atoms with Crippen LogP contribution in [-0.4, -0.2) is 30.4 Å². The molecule has 0 saturated carbocycles. The average molecular weight is 352 g/mol. The van der Waals surface area contributed by atoms with E-state index < -0.39 is 11.9 Å². The lowest BCUT2D eigenvalue weighted by atomic mass is 10.3. The zero-order valence-electron chi connectivity index (χ0n) is 13.7. The maximum Gasteiger partial charge on any atom is 0.275 e. The Labute approximate surface area is 146 Å². The quantitative estimate of drug-likeness (QED) is 0.604. The second-order valence-electron chi connectivity index (χ2n) is 5.62. The number of halogens is 1. The summed E-state index contributed by atoms with van der Waals surface area (Å²) >= 11 is 0. The van der Waals surface area contributed by atoms with Gasteiger partial charge in [-0.3, -0.25) is 14.2 Å². The molecule has 4 aromatic rings. The summed E-state index contributed by atoms with van der Waals surface area (Å²) in [6.45, 7) is 1.82. The van der Waals surface area contributed by atoms with Crippen LogP contribution in [0.5, 0.6) is 0 Å². The number of carbonyl (C=O) groups is 1. The van der Waals surface area contributed by atoms with Crippen LogP contribution in [-0.2, 0) is 6.54 Å². The molecule has 4 heterocycles. The summed E-state index contributed by atoms with van der Waals surface area (Å²) in [4.78, 5) is 24.4. The Morgan fingerprint density at radius 3 is 3.04 bits per heavy atom. The van der Waals surface area contributed by atoms with Crippen molar-refractivity contribution in [3.63, 3.8) is 0 Å². The summed E-state index contributed by atoms with van der Waals surface area (Å²) in [6, 6.07) is 6.96. The first kappa shape index (κ1) is 15.9. The van der Waals surface area contributed by atoms with Crippen LogP contribution in [0.1, 0.15) is 21.9 Å². The van der Waals surface area contributed by atoms with Crippen molar-refractivity contribution in [2.24, 2.45) is 0 Å². The third-order valence-corrected chi connectivity index (χ3v) is 3.73. The van der Waals surface area contributed by atoms with Crippen molar-refractivity contribution >= 4 is 11.6 Å². The van der Waals surface area contributed by atoms with E-state index in [2.05, 4.69) is 25.4 Å². The van der Waals surface area contributed by atoms with Crippen LogP contribution in [0.3, 0.4) is 0 Å². The van der Waals surface area contributed by atoms with Gasteiger partial charge in [-0.2, -0.15) is 9.37 Å². The van der Waals surface area contributed by atoms with E-state index in [4.69, 9.17) is 4.52 Å². The molecule has 9 heteroatoms. The average Bonchev–Trinajstić information content (AvgIpc) is 3.25. The van der Waals surface area contributed by atoms with Gasteiger partial charge in [0.05, 0.1) is 6.54 Å². The highest BCUT2D eigenvalue weighted by Gasteiger charge is 2.20. The number of aryl methyl sites for hydroxylation is 1. The summed E-state index contributed by atoms with van der Waals surface area (Å²) in [6.07, 6.45) is 4.76. The number of pyridine rings is 2. The highest BCUT2D eigenvalue weighted by molar-refractivity contribution is 5.93. The van der Waals surface area contributed by atoms with E-state index in [9.17, 15) is 9.18 Å². The van der Waals surface area contributed by atoms with Crippen molar-refractivity contribution in [2.75, 3.05) is 0 Å². The monoisotopic (exact) mass is 352 g/mol. The maximum atomic E-state index is 14.3. The van der Waals surface area contributed by atoms with Crippen molar-refractivity contribution in [2.45, 2.75) is 13.5 Å². The van der Waals surface area contributed by atoms with E-state index in [1.807, 2.05) is 6.92 Å². The Morgan fingerprint density at radius 2 is 2.23 bits per heavy atom. The predicted molar refractivity (Wildman–Crippen MR) is 88.6 cm³/mol. The van der Waals surface area contributed by atoms with Crippen molar-refractivity contribution in [1.29, 1.82) is 0 Å². The topological polar surface area (TPSA) is 98.2 Å². The number of rotatable bonds is 4. The standard InChI is InChI=1S/C17H13FN6O2/c1-10-4-6-24-12(7-10)21-14(15(24)18)17(25)20-9-13-22-16(23-26-13)11-3-2-5-19-8-11/h2-8H,9H2,1H3,(H,20,25). The van der Waals surface area contributed by atoms with Gasteiger partial charge in [-0.25, -0.2) is 4.98 Å². The van der Waals surface area contributed by atoms with Gasteiger partial charge in [0.25, 0.3) is 5.91 Å². The van der Waals surface area contributed by atoms with Gasteiger partial charge in [0, 0.05) is 24.2 Å². The number of hydrogen-bond acceptors (Lipinski definition) is 6. The molecule has 1 N–H and O–H groups in total. The molecule has 4 aromatic heterocycles. The predicted octanol–water partition coefficient (Wildman–Crippen LogP) is 2.16. The number of imidazole rings is 1. The van der Waals surface area contributed by atoms with Crippen molar-refractivity contribution < 1.29 is 13.7 Å². The molecule has 0 bridgehead atoms. The number of amides is 1. The maximum absolute atomic E-state index is 14.3. The van der Waals surface area contributed by atoms with Crippen LogP contribution in [0.25, 0.3) is 17.0 Å². The first-order chi connectivity index (χ1) is 12.6. The largest absolute Gasteiger partial charge is 0.341 e. The van der Waals surface area contributed by atoms with Crippen LogP contribution in [0.15, 0.2) is 47.4 Å². The van der Waals surface area contributed by atoms with Gasteiger partial charge in [0.2, 0.25) is 17.7 Å². The molecule has 0 radical (unpaired) electrons. The van der Waals surface area contributed by atoms with E-state index in [-0.39, 0.29) is 18.1 Å². The lowest BCUT2D eigenvalue weighted by molar-refractivity contribution is 0.0937. The van der Waals surface area contributed by atoms with E-state index in [1.165, 1.54) is 10.6 Å². The Morgan fingerprint density at radius 1 is 1.35 bits per heavy atom. The van der Waals surface area contributed by atoms with Crippen LogP contribution in [0.4, 0.5) is 4.39 Å². The molecule has 0 fully saturated rings. The van der Waals surface area contributed by atoms with Gasteiger partial charge < -0.3 is 9.84 Å². The number of nitrogens with one attached hydrogen (secondary N) is 1. The molecule has 0 atom stereocenters. The fourth-order valence-corrected chi connectivity index (χ4v) is 2.44. The van der Waals surface area contributed by atoms with Crippen LogP contribution < -0.4 is 5.32 Å². The van der Waals surface area contributed by atoms with Crippen molar-refractivity contribution in [3.05, 3.63) is 66.0 Å². The van der Waals surface area contributed by atoms with E-state index >= 15 is 0 Å². The lowest BCUT2D eigenvalue weighted by Crippen LogP contribution is -2.24. The Bertz CT molecular complexity index is 1090. The first-order valence-electron chi connectivity index (χ1n) is 7.77. The van der Waals surface area contributed by atoms with Gasteiger partial charge in [-0.15, -0.1) is 0 Å². The SMILES string of the molecule is Cc1ccn2c(F)c(C(=O)NCc3nc(-c4cccnc4)no3)nc2c1. The molecule has 26 heavy (non-hydrogen) atoms. The first-order valence-corrected chi connectivity index (χ1v) is 7.77. The molecule has 0 spiro atoms. The number of carbonyl (C=O) groups excluding carboxylic acids is 1. The van der Waals surface area contributed by atoms with E-state index in [1.54, 1.807) is 36.7 Å². The summed E-state index contributed by atoms with van der Waals surface area (Å²) in [5, 5.41) is 6.36. The fourth-order valence-electron chi connectivity index (χ4n) is 2.44. The minimum absolute atomic E-state index is 0.0432. The molecule has 8 nitrogen and oxygen atoms in total. The smallest absolute Gasteiger partial charge is 0.275 e.